The number of aromatic nitrogens is 2. The van der Waals surface area contributed by atoms with Gasteiger partial charge in [-0.2, -0.15) is 0 Å². The third kappa shape index (κ3) is 3.63. The third-order valence-corrected chi connectivity index (χ3v) is 6.20. The maximum Gasteiger partial charge on any atom is 0.245 e. The highest BCUT2D eigenvalue weighted by Gasteiger charge is 2.18. The van der Waals surface area contributed by atoms with Crippen LogP contribution in [0.5, 0.6) is 0 Å². The van der Waals surface area contributed by atoms with Crippen LogP contribution in [0.2, 0.25) is 0 Å². The second kappa shape index (κ2) is 7.71. The summed E-state index contributed by atoms with van der Waals surface area (Å²) in [5.74, 6) is 0. The van der Waals surface area contributed by atoms with Crippen LogP contribution in [0.25, 0.3) is 17.1 Å². The highest BCUT2D eigenvalue weighted by Crippen LogP contribution is 2.24. The largest absolute Gasteiger partial charge is 0.245 e. The summed E-state index contributed by atoms with van der Waals surface area (Å²) in [7, 11) is 0. The summed E-state index contributed by atoms with van der Waals surface area (Å²) in [5, 5.41) is 0. The first kappa shape index (κ1) is 19.2. The highest BCUT2D eigenvalue weighted by atomic mass is 15.1. The van der Waals surface area contributed by atoms with Gasteiger partial charge in [-0.15, -0.1) is 0 Å². The minimum Gasteiger partial charge on any atom is -0.226 e. The van der Waals surface area contributed by atoms with Crippen molar-refractivity contribution >= 4 is 17.1 Å². The molecule has 0 saturated heterocycles. The molecule has 29 heavy (non-hydrogen) atoms. The van der Waals surface area contributed by atoms with Gasteiger partial charge in [0.2, 0.25) is 6.33 Å². The number of nitrogens with zero attached hydrogens (tertiary/aromatic N) is 2. The van der Waals surface area contributed by atoms with Crippen molar-refractivity contribution in [3.63, 3.8) is 0 Å². The molecule has 0 aliphatic heterocycles. The van der Waals surface area contributed by atoms with Crippen LogP contribution in [0, 0.1) is 27.7 Å². The van der Waals surface area contributed by atoms with E-state index in [1.807, 2.05) is 6.08 Å². The minimum atomic E-state index is 0.857. The first-order chi connectivity index (χ1) is 14.0. The lowest BCUT2D eigenvalue weighted by molar-refractivity contribution is -0.663. The van der Waals surface area contributed by atoms with E-state index in [0.29, 0.717) is 0 Å². The molecule has 2 nitrogen and oxygen atoms in total. The monoisotopic (exact) mass is 381 g/mol. The first-order valence-corrected chi connectivity index (χ1v) is 10.2. The molecule has 0 fully saturated rings. The fourth-order valence-corrected chi connectivity index (χ4v) is 4.16. The van der Waals surface area contributed by atoms with Crippen molar-refractivity contribution in [3.8, 4) is 0 Å². The summed E-state index contributed by atoms with van der Waals surface area (Å²) in [6.07, 6.45) is 4.15. The molecule has 4 aromatic rings. The third-order valence-electron chi connectivity index (χ3n) is 6.20. The zero-order valence-corrected chi connectivity index (χ0v) is 17.9. The van der Waals surface area contributed by atoms with Crippen molar-refractivity contribution in [2.75, 3.05) is 0 Å². The summed E-state index contributed by atoms with van der Waals surface area (Å²) >= 11 is 0. The summed E-state index contributed by atoms with van der Waals surface area (Å²) in [6.45, 7) is 14.5. The van der Waals surface area contributed by atoms with E-state index in [9.17, 15) is 0 Å². The van der Waals surface area contributed by atoms with Crippen LogP contribution in [-0.2, 0) is 13.1 Å². The van der Waals surface area contributed by atoms with Crippen molar-refractivity contribution in [1.82, 2.24) is 4.57 Å². The van der Waals surface area contributed by atoms with Crippen molar-refractivity contribution in [3.05, 3.63) is 106 Å². The standard InChI is InChI=1S/C27H29N2/c1-6-23-11-13-24(14-12-23)16-28-18-29(27-10-8-7-9-26(27)28)17-25-21(4)19(2)15-20(3)22(25)5/h6-15,18H,1,16-17H2,2-5H3/q+1. The Hall–Kier alpha value is -3.13. The number of rotatable bonds is 5. The van der Waals surface area contributed by atoms with Crippen molar-refractivity contribution in [2.45, 2.75) is 40.8 Å². The average molecular weight is 382 g/mol. The SMILES string of the molecule is C=Cc1ccc(C[n+]2cn(Cc3c(C)c(C)cc(C)c3C)c3ccccc32)cc1. The number of aryl methyl sites for hydroxylation is 2. The van der Waals surface area contributed by atoms with Gasteiger partial charge in [0.25, 0.3) is 0 Å². The van der Waals surface area contributed by atoms with E-state index in [4.69, 9.17) is 0 Å². The number of hydrogen-bond acceptors (Lipinski definition) is 0. The summed E-state index contributed by atoms with van der Waals surface area (Å²) in [4.78, 5) is 0. The van der Waals surface area contributed by atoms with Crippen molar-refractivity contribution in [2.24, 2.45) is 0 Å². The van der Waals surface area contributed by atoms with Gasteiger partial charge in [-0.25, -0.2) is 9.13 Å². The van der Waals surface area contributed by atoms with Gasteiger partial charge in [-0.05, 0) is 78.8 Å². The van der Waals surface area contributed by atoms with Gasteiger partial charge in [-0.3, -0.25) is 0 Å². The van der Waals surface area contributed by atoms with Crippen LogP contribution in [0.15, 0.2) is 67.5 Å². The molecule has 1 heterocycles. The lowest BCUT2D eigenvalue weighted by Crippen LogP contribution is -2.32. The molecular formula is C27H29N2+. The Balaban J connectivity index is 1.76. The molecule has 0 N–H and O–H groups in total. The van der Waals surface area contributed by atoms with Crippen molar-refractivity contribution in [1.29, 1.82) is 0 Å². The zero-order chi connectivity index (χ0) is 20.5. The van der Waals surface area contributed by atoms with Gasteiger partial charge in [-0.1, -0.05) is 55.1 Å². The molecule has 0 radical (unpaired) electrons. The predicted molar refractivity (Wildman–Crippen MR) is 122 cm³/mol. The van der Waals surface area contributed by atoms with E-state index in [2.05, 4.69) is 104 Å². The second-order valence-corrected chi connectivity index (χ2v) is 8.04. The van der Waals surface area contributed by atoms with E-state index in [1.165, 1.54) is 44.4 Å². The van der Waals surface area contributed by atoms with E-state index in [0.717, 1.165) is 18.7 Å². The molecular weight excluding hydrogens is 352 g/mol. The lowest BCUT2D eigenvalue weighted by atomic mass is 9.94. The molecule has 4 rings (SSSR count). The summed E-state index contributed by atoms with van der Waals surface area (Å²) in [6, 6.07) is 19.6. The predicted octanol–water partition coefficient (Wildman–Crippen LogP) is 5.90. The van der Waals surface area contributed by atoms with Crippen LogP contribution in [0.3, 0.4) is 0 Å². The van der Waals surface area contributed by atoms with Gasteiger partial charge in [0.1, 0.15) is 13.1 Å². The molecule has 0 spiro atoms. The molecule has 146 valence electrons. The fourth-order valence-electron chi connectivity index (χ4n) is 4.16. The van der Waals surface area contributed by atoms with E-state index in [1.54, 1.807) is 0 Å². The summed E-state index contributed by atoms with van der Waals surface area (Å²) < 4.78 is 4.74. The number of hydrogen-bond donors (Lipinski definition) is 0. The Morgan fingerprint density at radius 3 is 2.21 bits per heavy atom. The molecule has 0 bridgehead atoms. The molecule has 0 amide bonds. The fraction of sp³-hybridized carbons (Fsp3) is 0.222. The van der Waals surface area contributed by atoms with E-state index in [-0.39, 0.29) is 0 Å². The Labute approximate surface area is 173 Å². The number of fused-ring (bicyclic) bond motifs is 1. The normalized spacial score (nSPS) is 11.2. The van der Waals surface area contributed by atoms with Crippen molar-refractivity contribution < 1.29 is 4.57 Å². The maximum atomic E-state index is 3.85. The molecule has 0 aliphatic rings. The molecule has 0 unspecified atom stereocenters. The Kier molecular flexibility index (Phi) is 5.10. The van der Waals surface area contributed by atoms with Crippen LogP contribution < -0.4 is 4.57 Å². The molecule has 0 atom stereocenters. The highest BCUT2D eigenvalue weighted by molar-refractivity contribution is 5.71. The maximum absolute atomic E-state index is 3.85. The van der Waals surface area contributed by atoms with Crippen LogP contribution in [0.4, 0.5) is 0 Å². The molecule has 3 aromatic carbocycles. The lowest BCUT2D eigenvalue weighted by Gasteiger charge is -2.14. The molecule has 2 heteroatoms. The van der Waals surface area contributed by atoms with Crippen LogP contribution >= 0.6 is 0 Å². The molecule has 0 aliphatic carbocycles. The topological polar surface area (TPSA) is 8.81 Å². The zero-order valence-electron chi connectivity index (χ0n) is 17.9. The van der Waals surface area contributed by atoms with Crippen LogP contribution in [0.1, 0.15) is 38.9 Å². The average Bonchev–Trinajstić information content (AvgIpc) is 3.08. The number of imidazole rings is 1. The first-order valence-electron chi connectivity index (χ1n) is 10.2. The Bertz CT molecular complexity index is 1170. The van der Waals surface area contributed by atoms with E-state index >= 15 is 0 Å². The smallest absolute Gasteiger partial charge is 0.226 e. The summed E-state index contributed by atoms with van der Waals surface area (Å²) in [5.41, 5.74) is 12.0. The Morgan fingerprint density at radius 2 is 1.55 bits per heavy atom. The molecule has 1 aromatic heterocycles. The van der Waals surface area contributed by atoms with Gasteiger partial charge in [0.15, 0.2) is 11.0 Å². The number of benzene rings is 3. The van der Waals surface area contributed by atoms with Gasteiger partial charge >= 0.3 is 0 Å². The minimum absolute atomic E-state index is 0.857. The second-order valence-electron chi connectivity index (χ2n) is 8.04. The van der Waals surface area contributed by atoms with E-state index < -0.39 is 0 Å². The molecule has 0 saturated carbocycles. The van der Waals surface area contributed by atoms with Gasteiger partial charge in [0, 0.05) is 0 Å². The number of para-hydroxylation sites is 2. The Morgan fingerprint density at radius 1 is 0.897 bits per heavy atom. The van der Waals surface area contributed by atoms with Gasteiger partial charge < -0.3 is 0 Å². The quantitative estimate of drug-likeness (QED) is 0.381. The van der Waals surface area contributed by atoms with Gasteiger partial charge in [0.05, 0.1) is 0 Å². The van der Waals surface area contributed by atoms with Crippen LogP contribution in [-0.4, -0.2) is 4.57 Å².